The Labute approximate surface area is 132 Å². The molecule has 0 unspecified atom stereocenters. The molecule has 0 saturated carbocycles. The molecule has 1 aromatic heterocycles. The van der Waals surface area contributed by atoms with Crippen LogP contribution < -0.4 is 19.5 Å². The standard InChI is InChI=1S/C16H17NO4S/c1-19-13-8-12(9-14-15(13)21-6-5-20-14)16(18)17-4-2-11-3-7-22-10-11/h3,7-10H,2,4-6H2,1H3,(H,17,18). The van der Waals surface area contributed by atoms with Crippen molar-refractivity contribution in [1.82, 2.24) is 5.32 Å². The maximum atomic E-state index is 12.3. The average Bonchev–Trinajstić information content (AvgIpc) is 3.07. The summed E-state index contributed by atoms with van der Waals surface area (Å²) >= 11 is 1.66. The summed E-state index contributed by atoms with van der Waals surface area (Å²) in [6.45, 7) is 1.54. The molecule has 0 aliphatic carbocycles. The molecule has 116 valence electrons. The quantitative estimate of drug-likeness (QED) is 0.920. The zero-order valence-electron chi connectivity index (χ0n) is 12.3. The second kappa shape index (κ2) is 6.70. The van der Waals surface area contributed by atoms with Gasteiger partial charge >= 0.3 is 0 Å². The van der Waals surface area contributed by atoms with Crippen LogP contribution in [0, 0.1) is 0 Å². The van der Waals surface area contributed by atoms with Crippen molar-refractivity contribution in [2.45, 2.75) is 6.42 Å². The Bertz CT molecular complexity index is 637. The fourth-order valence-corrected chi connectivity index (χ4v) is 2.96. The number of nitrogens with one attached hydrogen (secondary N) is 1. The number of hydrogen-bond acceptors (Lipinski definition) is 5. The van der Waals surface area contributed by atoms with Crippen molar-refractivity contribution >= 4 is 17.2 Å². The molecule has 0 atom stereocenters. The molecular weight excluding hydrogens is 302 g/mol. The van der Waals surface area contributed by atoms with Crippen LogP contribution in [0.1, 0.15) is 15.9 Å². The predicted octanol–water partition coefficient (Wildman–Crippen LogP) is 2.50. The number of amides is 1. The van der Waals surface area contributed by atoms with Crippen LogP contribution >= 0.6 is 11.3 Å². The normalized spacial score (nSPS) is 12.8. The summed E-state index contributed by atoms with van der Waals surface area (Å²) in [4.78, 5) is 12.3. The van der Waals surface area contributed by atoms with Gasteiger partial charge in [0, 0.05) is 12.1 Å². The third-order valence-electron chi connectivity index (χ3n) is 3.37. The Balaban J connectivity index is 1.69. The molecule has 1 N–H and O–H groups in total. The number of carbonyl (C=O) groups is 1. The highest BCUT2D eigenvalue weighted by molar-refractivity contribution is 7.07. The molecule has 2 heterocycles. The molecule has 1 amide bonds. The van der Waals surface area contributed by atoms with Crippen LogP contribution in [0.2, 0.25) is 0 Å². The van der Waals surface area contributed by atoms with Crippen molar-refractivity contribution in [3.05, 3.63) is 40.1 Å². The average molecular weight is 319 g/mol. The van der Waals surface area contributed by atoms with E-state index in [4.69, 9.17) is 14.2 Å². The molecule has 1 aliphatic heterocycles. The van der Waals surface area contributed by atoms with Gasteiger partial charge in [0.05, 0.1) is 7.11 Å². The van der Waals surface area contributed by atoms with Crippen molar-refractivity contribution in [2.75, 3.05) is 26.9 Å². The summed E-state index contributed by atoms with van der Waals surface area (Å²) in [5.74, 6) is 1.47. The number of thiophene rings is 1. The number of hydrogen-bond donors (Lipinski definition) is 1. The summed E-state index contributed by atoms with van der Waals surface area (Å²) in [7, 11) is 1.55. The molecule has 0 spiro atoms. The molecule has 22 heavy (non-hydrogen) atoms. The fraction of sp³-hybridized carbons (Fsp3) is 0.312. The Morgan fingerprint density at radius 1 is 1.36 bits per heavy atom. The molecule has 2 aromatic rings. The smallest absolute Gasteiger partial charge is 0.251 e. The monoisotopic (exact) mass is 319 g/mol. The SMILES string of the molecule is COc1cc(C(=O)NCCc2ccsc2)cc2c1OCCO2. The summed E-state index contributed by atoms with van der Waals surface area (Å²) in [6.07, 6.45) is 0.816. The highest BCUT2D eigenvalue weighted by atomic mass is 32.1. The largest absolute Gasteiger partial charge is 0.493 e. The van der Waals surface area contributed by atoms with Crippen molar-refractivity contribution in [1.29, 1.82) is 0 Å². The first-order valence-electron chi connectivity index (χ1n) is 7.05. The zero-order valence-corrected chi connectivity index (χ0v) is 13.1. The van der Waals surface area contributed by atoms with Crippen molar-refractivity contribution < 1.29 is 19.0 Å². The van der Waals surface area contributed by atoms with Gasteiger partial charge in [-0.3, -0.25) is 4.79 Å². The number of fused-ring (bicyclic) bond motifs is 1. The highest BCUT2D eigenvalue weighted by Crippen LogP contribution is 2.40. The molecule has 0 fully saturated rings. The Hall–Kier alpha value is -2.21. The minimum atomic E-state index is -0.148. The lowest BCUT2D eigenvalue weighted by molar-refractivity contribution is 0.0952. The maximum Gasteiger partial charge on any atom is 0.251 e. The van der Waals surface area contributed by atoms with Crippen LogP contribution in [0.25, 0.3) is 0 Å². The molecule has 6 heteroatoms. The molecular formula is C16H17NO4S. The summed E-state index contributed by atoms with van der Waals surface area (Å²) in [5.41, 5.74) is 1.73. The maximum absolute atomic E-state index is 12.3. The van der Waals surface area contributed by atoms with Crippen LogP contribution in [0.5, 0.6) is 17.2 Å². The van der Waals surface area contributed by atoms with Crippen molar-refractivity contribution in [3.63, 3.8) is 0 Å². The third-order valence-corrected chi connectivity index (χ3v) is 4.10. The van der Waals surface area contributed by atoms with E-state index in [-0.39, 0.29) is 5.91 Å². The van der Waals surface area contributed by atoms with Gasteiger partial charge in [-0.05, 0) is 40.9 Å². The van der Waals surface area contributed by atoms with Gasteiger partial charge in [0.2, 0.25) is 5.75 Å². The van der Waals surface area contributed by atoms with Gasteiger partial charge in [-0.1, -0.05) is 0 Å². The number of methoxy groups -OCH3 is 1. The topological polar surface area (TPSA) is 56.8 Å². The lowest BCUT2D eigenvalue weighted by Crippen LogP contribution is -2.26. The minimum absolute atomic E-state index is 0.148. The van der Waals surface area contributed by atoms with E-state index < -0.39 is 0 Å². The lowest BCUT2D eigenvalue weighted by Gasteiger charge is -2.21. The van der Waals surface area contributed by atoms with Crippen molar-refractivity contribution in [2.24, 2.45) is 0 Å². The first kappa shape index (κ1) is 14.7. The van der Waals surface area contributed by atoms with Gasteiger partial charge in [-0.15, -0.1) is 0 Å². The highest BCUT2D eigenvalue weighted by Gasteiger charge is 2.20. The van der Waals surface area contributed by atoms with E-state index in [0.29, 0.717) is 42.6 Å². The van der Waals surface area contributed by atoms with Gasteiger partial charge in [-0.25, -0.2) is 0 Å². The summed E-state index contributed by atoms with van der Waals surface area (Å²) in [6, 6.07) is 5.42. The van der Waals surface area contributed by atoms with Gasteiger partial charge in [0.1, 0.15) is 13.2 Å². The number of rotatable bonds is 5. The van der Waals surface area contributed by atoms with E-state index in [2.05, 4.69) is 16.8 Å². The van der Waals surface area contributed by atoms with Crippen LogP contribution in [-0.4, -0.2) is 32.8 Å². The second-order valence-corrected chi connectivity index (χ2v) is 5.62. The van der Waals surface area contributed by atoms with Crippen LogP contribution in [0.4, 0.5) is 0 Å². The van der Waals surface area contributed by atoms with Crippen molar-refractivity contribution in [3.8, 4) is 17.2 Å². The van der Waals surface area contributed by atoms with E-state index >= 15 is 0 Å². The molecule has 1 aliphatic rings. The first-order valence-corrected chi connectivity index (χ1v) is 7.99. The third kappa shape index (κ3) is 3.17. The minimum Gasteiger partial charge on any atom is -0.493 e. The van der Waals surface area contributed by atoms with E-state index in [1.165, 1.54) is 5.56 Å². The first-order chi connectivity index (χ1) is 10.8. The fourth-order valence-electron chi connectivity index (χ4n) is 2.26. The number of carbonyl (C=O) groups excluding carboxylic acids is 1. The van der Waals surface area contributed by atoms with E-state index in [1.54, 1.807) is 30.6 Å². The molecule has 0 radical (unpaired) electrons. The van der Waals surface area contributed by atoms with Crippen LogP contribution in [0.15, 0.2) is 29.0 Å². The van der Waals surface area contributed by atoms with Gasteiger partial charge < -0.3 is 19.5 Å². The Morgan fingerprint density at radius 2 is 2.23 bits per heavy atom. The molecule has 3 rings (SSSR count). The van der Waals surface area contributed by atoms with E-state index in [9.17, 15) is 4.79 Å². The number of benzene rings is 1. The number of ether oxygens (including phenoxy) is 3. The molecule has 0 bridgehead atoms. The second-order valence-electron chi connectivity index (χ2n) is 4.84. The predicted molar refractivity (Wildman–Crippen MR) is 84.3 cm³/mol. The lowest BCUT2D eigenvalue weighted by atomic mass is 10.1. The summed E-state index contributed by atoms with van der Waals surface area (Å²) in [5, 5.41) is 7.02. The Morgan fingerprint density at radius 3 is 3.00 bits per heavy atom. The molecule has 0 saturated heterocycles. The van der Waals surface area contributed by atoms with Crippen LogP contribution in [-0.2, 0) is 6.42 Å². The summed E-state index contributed by atoms with van der Waals surface area (Å²) < 4.78 is 16.3. The van der Waals surface area contributed by atoms with Gasteiger partial charge in [0.25, 0.3) is 5.91 Å². The van der Waals surface area contributed by atoms with E-state index in [0.717, 1.165) is 6.42 Å². The Kier molecular flexibility index (Phi) is 4.48. The van der Waals surface area contributed by atoms with Gasteiger partial charge in [-0.2, -0.15) is 11.3 Å². The van der Waals surface area contributed by atoms with E-state index in [1.807, 2.05) is 5.38 Å². The van der Waals surface area contributed by atoms with Crippen LogP contribution in [0.3, 0.4) is 0 Å². The molecule has 1 aromatic carbocycles. The zero-order chi connectivity index (χ0) is 15.4. The van der Waals surface area contributed by atoms with Gasteiger partial charge in [0.15, 0.2) is 11.5 Å². The molecule has 5 nitrogen and oxygen atoms in total.